The largest absolute Gasteiger partial charge is 0.251 e. The Balaban J connectivity index is 2.37. The number of pyridine rings is 1. The van der Waals surface area contributed by atoms with Gasteiger partial charge in [0.15, 0.2) is 0 Å². The van der Waals surface area contributed by atoms with Gasteiger partial charge >= 0.3 is 0 Å². The summed E-state index contributed by atoms with van der Waals surface area (Å²) in [6, 6.07) is 6.22. The molecule has 0 bridgehead atoms. The van der Waals surface area contributed by atoms with Crippen molar-refractivity contribution < 1.29 is 0 Å². The Labute approximate surface area is 89.0 Å². The molecule has 0 radical (unpaired) electrons. The second-order valence-corrected chi connectivity index (χ2v) is 3.84. The first-order chi connectivity index (χ1) is 7.16. The van der Waals surface area contributed by atoms with E-state index >= 15 is 0 Å². The van der Waals surface area contributed by atoms with Crippen molar-refractivity contribution in [2.24, 2.45) is 0 Å². The lowest BCUT2D eigenvalue weighted by Crippen LogP contribution is -2.00. The van der Waals surface area contributed by atoms with Crippen molar-refractivity contribution in [1.29, 1.82) is 0 Å². The maximum absolute atomic E-state index is 4.40. The molecule has 15 heavy (non-hydrogen) atoms. The molecule has 0 spiro atoms. The lowest BCUT2D eigenvalue weighted by molar-refractivity contribution is 0.514. The van der Waals surface area contributed by atoms with Crippen molar-refractivity contribution in [2.75, 3.05) is 0 Å². The van der Waals surface area contributed by atoms with E-state index < -0.39 is 0 Å². The molecule has 0 aliphatic heterocycles. The van der Waals surface area contributed by atoms with E-state index in [1.54, 1.807) is 0 Å². The van der Waals surface area contributed by atoms with Crippen molar-refractivity contribution in [2.45, 2.75) is 26.8 Å². The fraction of sp³-hybridized carbons (Fsp3) is 0.364. The molecule has 0 saturated carbocycles. The molecule has 0 fully saturated rings. The van der Waals surface area contributed by atoms with Crippen molar-refractivity contribution in [1.82, 2.24) is 20.0 Å². The number of aromatic nitrogens is 4. The van der Waals surface area contributed by atoms with Crippen molar-refractivity contribution >= 4 is 0 Å². The summed E-state index contributed by atoms with van der Waals surface area (Å²) in [7, 11) is 0. The fourth-order valence-electron chi connectivity index (χ4n) is 1.33. The Bertz CT molecular complexity index is 459. The van der Waals surface area contributed by atoms with E-state index in [9.17, 15) is 0 Å². The van der Waals surface area contributed by atoms with Crippen LogP contribution in [0.15, 0.2) is 24.4 Å². The van der Waals surface area contributed by atoms with E-state index in [4.69, 9.17) is 0 Å². The molecular formula is C11H14N4. The molecule has 0 N–H and O–H groups in total. The number of hydrogen-bond donors (Lipinski definition) is 0. The van der Waals surface area contributed by atoms with Gasteiger partial charge in [0, 0.05) is 11.7 Å². The van der Waals surface area contributed by atoms with E-state index in [1.807, 2.05) is 36.0 Å². The third-order valence-electron chi connectivity index (χ3n) is 2.19. The molecule has 4 heteroatoms. The predicted molar refractivity (Wildman–Crippen MR) is 58.4 cm³/mol. The normalized spacial score (nSPS) is 10.9. The molecule has 0 aliphatic carbocycles. The van der Waals surface area contributed by atoms with E-state index in [-0.39, 0.29) is 0 Å². The minimum absolute atomic E-state index is 0.330. The zero-order valence-electron chi connectivity index (χ0n) is 9.18. The zero-order valence-corrected chi connectivity index (χ0v) is 9.18. The first-order valence-electron chi connectivity index (χ1n) is 5.02. The molecule has 0 aliphatic rings. The van der Waals surface area contributed by atoms with Crippen molar-refractivity contribution in [3.05, 3.63) is 30.1 Å². The highest BCUT2D eigenvalue weighted by Crippen LogP contribution is 2.14. The average molecular weight is 202 g/mol. The van der Waals surface area contributed by atoms with Gasteiger partial charge in [-0.15, -0.1) is 5.10 Å². The molecule has 0 saturated heterocycles. The highest BCUT2D eigenvalue weighted by molar-refractivity contribution is 5.52. The first kappa shape index (κ1) is 9.83. The summed E-state index contributed by atoms with van der Waals surface area (Å²) in [5.74, 6) is 0. The SMILES string of the molecule is Cc1cccc(-c2cn(C(C)C)nn2)n1. The molecule has 4 nitrogen and oxygen atoms in total. The average Bonchev–Trinajstić information content (AvgIpc) is 2.66. The monoisotopic (exact) mass is 202 g/mol. The minimum Gasteiger partial charge on any atom is -0.251 e. The van der Waals surface area contributed by atoms with Gasteiger partial charge in [-0.25, -0.2) is 4.68 Å². The van der Waals surface area contributed by atoms with Crippen LogP contribution in [-0.2, 0) is 0 Å². The molecule has 0 atom stereocenters. The maximum Gasteiger partial charge on any atom is 0.131 e. The topological polar surface area (TPSA) is 43.6 Å². The molecule has 2 rings (SSSR count). The van der Waals surface area contributed by atoms with Crippen LogP contribution in [0.2, 0.25) is 0 Å². The molecule has 2 heterocycles. The van der Waals surface area contributed by atoms with Crippen LogP contribution in [0.25, 0.3) is 11.4 Å². The van der Waals surface area contributed by atoms with Gasteiger partial charge in [0.2, 0.25) is 0 Å². The van der Waals surface area contributed by atoms with E-state index in [0.29, 0.717) is 6.04 Å². The summed E-state index contributed by atoms with van der Waals surface area (Å²) in [6.07, 6.45) is 1.92. The Hall–Kier alpha value is -1.71. The van der Waals surface area contributed by atoms with Gasteiger partial charge in [-0.2, -0.15) is 0 Å². The van der Waals surface area contributed by atoms with Crippen molar-refractivity contribution in [3.63, 3.8) is 0 Å². The number of hydrogen-bond acceptors (Lipinski definition) is 3. The summed E-state index contributed by atoms with van der Waals surface area (Å²) in [6.45, 7) is 6.11. The van der Waals surface area contributed by atoms with Crippen LogP contribution >= 0.6 is 0 Å². The van der Waals surface area contributed by atoms with Gasteiger partial charge in [-0.1, -0.05) is 11.3 Å². The van der Waals surface area contributed by atoms with Gasteiger partial charge in [0.25, 0.3) is 0 Å². The predicted octanol–water partition coefficient (Wildman–Crippen LogP) is 2.23. The third-order valence-corrected chi connectivity index (χ3v) is 2.19. The number of nitrogens with zero attached hydrogens (tertiary/aromatic N) is 4. The van der Waals surface area contributed by atoms with Gasteiger partial charge in [0.1, 0.15) is 5.69 Å². The molecule has 78 valence electrons. The van der Waals surface area contributed by atoms with Gasteiger partial charge in [0.05, 0.1) is 11.9 Å². The van der Waals surface area contributed by atoms with Crippen LogP contribution in [0, 0.1) is 6.92 Å². The molecule has 0 aromatic carbocycles. The highest BCUT2D eigenvalue weighted by Gasteiger charge is 2.06. The molecule has 0 amide bonds. The third kappa shape index (κ3) is 2.03. The lowest BCUT2D eigenvalue weighted by atomic mass is 10.2. The number of aryl methyl sites for hydroxylation is 1. The Morgan fingerprint density at radius 3 is 2.60 bits per heavy atom. The molecule has 2 aromatic rings. The Morgan fingerprint density at radius 2 is 2.00 bits per heavy atom. The van der Waals surface area contributed by atoms with Crippen LogP contribution in [0.5, 0.6) is 0 Å². The van der Waals surface area contributed by atoms with E-state index in [1.165, 1.54) is 0 Å². The van der Waals surface area contributed by atoms with E-state index in [0.717, 1.165) is 17.1 Å². The van der Waals surface area contributed by atoms with Crippen LogP contribution in [0.3, 0.4) is 0 Å². The second-order valence-electron chi connectivity index (χ2n) is 3.84. The number of rotatable bonds is 2. The summed E-state index contributed by atoms with van der Waals surface area (Å²) in [5.41, 5.74) is 2.70. The van der Waals surface area contributed by atoms with Crippen LogP contribution in [0.4, 0.5) is 0 Å². The minimum atomic E-state index is 0.330. The maximum atomic E-state index is 4.40. The Kier molecular flexibility index (Phi) is 2.49. The summed E-state index contributed by atoms with van der Waals surface area (Å²) in [5, 5.41) is 8.15. The van der Waals surface area contributed by atoms with Gasteiger partial charge in [-0.3, -0.25) is 4.98 Å². The molecular weight excluding hydrogens is 188 g/mol. The molecule has 0 unspecified atom stereocenters. The second kappa shape index (κ2) is 3.81. The summed E-state index contributed by atoms with van der Waals surface area (Å²) in [4.78, 5) is 4.40. The first-order valence-corrected chi connectivity index (χ1v) is 5.02. The van der Waals surface area contributed by atoms with Gasteiger partial charge < -0.3 is 0 Å². The molecule has 2 aromatic heterocycles. The lowest BCUT2D eigenvalue weighted by Gasteiger charge is -2.01. The van der Waals surface area contributed by atoms with Crippen LogP contribution in [0.1, 0.15) is 25.6 Å². The smallest absolute Gasteiger partial charge is 0.131 e. The quantitative estimate of drug-likeness (QED) is 0.750. The van der Waals surface area contributed by atoms with Crippen molar-refractivity contribution in [3.8, 4) is 11.4 Å². The fourth-order valence-corrected chi connectivity index (χ4v) is 1.33. The Morgan fingerprint density at radius 1 is 1.20 bits per heavy atom. The van der Waals surface area contributed by atoms with Crippen LogP contribution < -0.4 is 0 Å². The standard InChI is InChI=1S/C11H14N4/c1-8(2)15-7-11(13-14-15)10-6-4-5-9(3)12-10/h4-8H,1-3H3. The van der Waals surface area contributed by atoms with Gasteiger partial charge in [-0.05, 0) is 32.9 Å². The van der Waals surface area contributed by atoms with Crippen LogP contribution in [-0.4, -0.2) is 20.0 Å². The summed E-state index contributed by atoms with van der Waals surface area (Å²) >= 11 is 0. The van der Waals surface area contributed by atoms with E-state index in [2.05, 4.69) is 29.1 Å². The summed E-state index contributed by atoms with van der Waals surface area (Å²) < 4.78 is 1.83. The zero-order chi connectivity index (χ0) is 10.8. The highest BCUT2D eigenvalue weighted by atomic mass is 15.4.